The summed E-state index contributed by atoms with van der Waals surface area (Å²) in [6.07, 6.45) is 3.36. The van der Waals surface area contributed by atoms with Crippen LogP contribution in [0.25, 0.3) is 0 Å². The molecule has 7 heteroatoms. The quantitative estimate of drug-likeness (QED) is 0.839. The van der Waals surface area contributed by atoms with Crippen LogP contribution in [0.1, 0.15) is 0 Å². The van der Waals surface area contributed by atoms with Crippen molar-refractivity contribution in [2.24, 2.45) is 0 Å². The molecule has 5 nitrogen and oxygen atoms in total. The molecule has 2 N–H and O–H groups in total. The average molecular weight is 324 g/mol. The number of methoxy groups -OCH3 is 2. The van der Waals surface area contributed by atoms with Crippen LogP contribution in [0, 0.1) is 0 Å². The third kappa shape index (κ3) is 3.96. The van der Waals surface area contributed by atoms with Crippen molar-refractivity contribution in [2.45, 2.75) is 0 Å². The molecule has 0 amide bonds. The van der Waals surface area contributed by atoms with Crippen LogP contribution in [0.2, 0.25) is 5.02 Å². The van der Waals surface area contributed by atoms with Gasteiger partial charge in [0.05, 0.1) is 36.8 Å². The molecule has 1 heterocycles. The van der Waals surface area contributed by atoms with Crippen molar-refractivity contribution >= 4 is 40.3 Å². The third-order valence-electron chi connectivity index (χ3n) is 2.64. The predicted molar refractivity (Wildman–Crippen MR) is 88.6 cm³/mol. The highest BCUT2D eigenvalue weighted by Crippen LogP contribution is 2.35. The van der Waals surface area contributed by atoms with E-state index in [1.54, 1.807) is 38.7 Å². The number of hydrogen-bond donors (Lipinski definition) is 2. The van der Waals surface area contributed by atoms with Gasteiger partial charge < -0.3 is 20.1 Å². The molecule has 0 saturated carbocycles. The SMILES string of the molecule is COc1cc(OC)c(NC(=S)Nc2cccnc2)cc1Cl. The molecule has 1 aromatic heterocycles. The van der Waals surface area contributed by atoms with E-state index in [1.807, 2.05) is 12.1 Å². The van der Waals surface area contributed by atoms with Crippen molar-refractivity contribution in [3.05, 3.63) is 41.7 Å². The lowest BCUT2D eigenvalue weighted by Crippen LogP contribution is -2.19. The normalized spacial score (nSPS) is 9.86. The minimum absolute atomic E-state index is 0.405. The lowest BCUT2D eigenvalue weighted by atomic mass is 10.2. The molecule has 0 unspecified atom stereocenters. The average Bonchev–Trinajstić information content (AvgIpc) is 2.48. The molecule has 0 bridgehead atoms. The number of benzene rings is 1. The maximum Gasteiger partial charge on any atom is 0.175 e. The summed E-state index contributed by atoms with van der Waals surface area (Å²) in [7, 11) is 3.10. The number of nitrogens with zero attached hydrogens (tertiary/aromatic N) is 1. The van der Waals surface area contributed by atoms with Crippen molar-refractivity contribution in [2.75, 3.05) is 24.9 Å². The second kappa shape index (κ2) is 7.10. The Hall–Kier alpha value is -2.05. The molecule has 0 aliphatic heterocycles. The number of halogens is 1. The largest absolute Gasteiger partial charge is 0.495 e. The topological polar surface area (TPSA) is 55.4 Å². The van der Waals surface area contributed by atoms with Crippen molar-refractivity contribution < 1.29 is 9.47 Å². The van der Waals surface area contributed by atoms with Crippen molar-refractivity contribution in [3.63, 3.8) is 0 Å². The van der Waals surface area contributed by atoms with E-state index < -0.39 is 0 Å². The van der Waals surface area contributed by atoms with Gasteiger partial charge in [0.2, 0.25) is 0 Å². The fourth-order valence-electron chi connectivity index (χ4n) is 1.68. The van der Waals surface area contributed by atoms with Gasteiger partial charge in [0.1, 0.15) is 11.5 Å². The molecule has 0 aliphatic carbocycles. The minimum Gasteiger partial charge on any atom is -0.495 e. The summed E-state index contributed by atoms with van der Waals surface area (Å²) in [5, 5.41) is 6.92. The first-order chi connectivity index (χ1) is 10.1. The molecule has 110 valence electrons. The molecule has 1 aromatic carbocycles. The Morgan fingerprint density at radius 1 is 1.19 bits per heavy atom. The standard InChI is InChI=1S/C14H14ClN3O2S/c1-19-12-7-13(20-2)11(6-10(12)15)18-14(21)17-9-4-3-5-16-8-9/h3-8H,1-2H3,(H2,17,18,21). The summed E-state index contributed by atoms with van der Waals surface area (Å²) < 4.78 is 10.4. The van der Waals surface area contributed by atoms with Crippen LogP contribution >= 0.6 is 23.8 Å². The maximum atomic E-state index is 6.11. The van der Waals surface area contributed by atoms with Gasteiger partial charge >= 0.3 is 0 Å². The van der Waals surface area contributed by atoms with Crippen LogP contribution < -0.4 is 20.1 Å². The molecule has 21 heavy (non-hydrogen) atoms. The molecule has 0 radical (unpaired) electrons. The summed E-state index contributed by atoms with van der Waals surface area (Å²) in [4.78, 5) is 4.00. The van der Waals surface area contributed by atoms with E-state index in [0.717, 1.165) is 5.69 Å². The summed E-state index contributed by atoms with van der Waals surface area (Å²) >= 11 is 11.4. The lowest BCUT2D eigenvalue weighted by molar-refractivity contribution is 0.396. The Labute approximate surface area is 133 Å². The van der Waals surface area contributed by atoms with Gasteiger partial charge in [-0.1, -0.05) is 11.6 Å². The Bertz CT molecular complexity index is 638. The maximum absolute atomic E-state index is 6.11. The first-order valence-corrected chi connectivity index (χ1v) is 6.82. The van der Waals surface area contributed by atoms with Gasteiger partial charge in [-0.2, -0.15) is 0 Å². The van der Waals surface area contributed by atoms with Gasteiger partial charge in [-0.25, -0.2) is 0 Å². The van der Waals surface area contributed by atoms with Crippen LogP contribution in [-0.2, 0) is 0 Å². The Kier molecular flexibility index (Phi) is 5.19. The number of aromatic nitrogens is 1. The smallest absolute Gasteiger partial charge is 0.175 e. The van der Waals surface area contributed by atoms with E-state index in [0.29, 0.717) is 27.3 Å². The van der Waals surface area contributed by atoms with Gasteiger partial charge in [-0.3, -0.25) is 4.98 Å². The van der Waals surface area contributed by atoms with Crippen LogP contribution in [0.3, 0.4) is 0 Å². The van der Waals surface area contributed by atoms with Gasteiger partial charge in [-0.05, 0) is 30.4 Å². The Balaban J connectivity index is 2.15. The molecule has 0 spiro atoms. The lowest BCUT2D eigenvalue weighted by Gasteiger charge is -2.15. The number of nitrogens with one attached hydrogen (secondary N) is 2. The number of rotatable bonds is 4. The molecule has 0 aliphatic rings. The zero-order valence-electron chi connectivity index (χ0n) is 11.5. The van der Waals surface area contributed by atoms with Gasteiger partial charge in [-0.15, -0.1) is 0 Å². The first-order valence-electron chi connectivity index (χ1n) is 6.03. The summed E-state index contributed by atoms with van der Waals surface area (Å²) in [5.74, 6) is 1.11. The van der Waals surface area contributed by atoms with Gasteiger partial charge in [0.15, 0.2) is 5.11 Å². The molecular weight excluding hydrogens is 310 g/mol. The minimum atomic E-state index is 0.405. The number of ether oxygens (including phenoxy) is 2. The van der Waals surface area contributed by atoms with E-state index in [2.05, 4.69) is 15.6 Å². The van der Waals surface area contributed by atoms with E-state index in [1.165, 1.54) is 0 Å². The highest BCUT2D eigenvalue weighted by molar-refractivity contribution is 7.80. The number of pyridine rings is 1. The molecule has 0 saturated heterocycles. The first kappa shape index (κ1) is 15.3. The summed E-state index contributed by atoms with van der Waals surface area (Å²) in [6.45, 7) is 0. The molecule has 0 fully saturated rings. The van der Waals surface area contributed by atoms with E-state index in [4.69, 9.17) is 33.3 Å². The second-order valence-corrected chi connectivity index (χ2v) is 4.82. The molecule has 2 rings (SSSR count). The predicted octanol–water partition coefficient (Wildman–Crippen LogP) is 3.56. The van der Waals surface area contributed by atoms with Crippen molar-refractivity contribution in [1.82, 2.24) is 4.98 Å². The van der Waals surface area contributed by atoms with Crippen LogP contribution in [0.5, 0.6) is 11.5 Å². The van der Waals surface area contributed by atoms with Crippen LogP contribution in [0.15, 0.2) is 36.7 Å². The van der Waals surface area contributed by atoms with Crippen molar-refractivity contribution in [3.8, 4) is 11.5 Å². The molecular formula is C14H14ClN3O2S. The highest BCUT2D eigenvalue weighted by Gasteiger charge is 2.11. The second-order valence-electron chi connectivity index (χ2n) is 4.01. The third-order valence-corrected chi connectivity index (χ3v) is 3.14. The van der Waals surface area contributed by atoms with E-state index >= 15 is 0 Å². The number of thiocarbonyl (C=S) groups is 1. The van der Waals surface area contributed by atoms with E-state index in [9.17, 15) is 0 Å². The highest BCUT2D eigenvalue weighted by atomic mass is 35.5. The van der Waals surface area contributed by atoms with Crippen molar-refractivity contribution in [1.29, 1.82) is 0 Å². The number of hydrogen-bond acceptors (Lipinski definition) is 4. The van der Waals surface area contributed by atoms with E-state index in [-0.39, 0.29) is 0 Å². The van der Waals surface area contributed by atoms with Crippen LogP contribution in [0.4, 0.5) is 11.4 Å². The number of anilines is 2. The summed E-state index contributed by atoms with van der Waals surface area (Å²) in [5.41, 5.74) is 1.43. The Morgan fingerprint density at radius 3 is 2.57 bits per heavy atom. The zero-order valence-corrected chi connectivity index (χ0v) is 13.1. The van der Waals surface area contributed by atoms with Gasteiger partial charge in [0, 0.05) is 12.3 Å². The van der Waals surface area contributed by atoms with Crippen LogP contribution in [-0.4, -0.2) is 24.3 Å². The fraction of sp³-hybridized carbons (Fsp3) is 0.143. The van der Waals surface area contributed by atoms with Gasteiger partial charge in [0.25, 0.3) is 0 Å². The Morgan fingerprint density at radius 2 is 1.95 bits per heavy atom. The molecule has 2 aromatic rings. The zero-order chi connectivity index (χ0) is 15.2. The fourth-order valence-corrected chi connectivity index (χ4v) is 2.15. The monoisotopic (exact) mass is 323 g/mol. The molecule has 0 atom stereocenters. The summed E-state index contributed by atoms with van der Waals surface area (Å²) in [6, 6.07) is 7.06.